The van der Waals surface area contributed by atoms with Gasteiger partial charge in [-0.2, -0.15) is 0 Å². The van der Waals surface area contributed by atoms with Crippen LogP contribution in [0, 0.1) is 0 Å². The first-order chi connectivity index (χ1) is 8.17. The van der Waals surface area contributed by atoms with Crippen molar-refractivity contribution >= 4 is 5.96 Å². The summed E-state index contributed by atoms with van der Waals surface area (Å²) in [7, 11) is 1.62. The van der Waals surface area contributed by atoms with Gasteiger partial charge in [-0.15, -0.1) is 0 Å². The van der Waals surface area contributed by atoms with Crippen LogP contribution in [0.3, 0.4) is 0 Å². The van der Waals surface area contributed by atoms with Gasteiger partial charge in [-0.1, -0.05) is 6.07 Å². The van der Waals surface area contributed by atoms with Gasteiger partial charge in [-0.3, -0.25) is 4.99 Å². The van der Waals surface area contributed by atoms with Crippen molar-refractivity contribution < 1.29 is 9.47 Å². The molecular formula is C12H19N3O2. The van der Waals surface area contributed by atoms with E-state index in [9.17, 15) is 0 Å². The summed E-state index contributed by atoms with van der Waals surface area (Å²) in [6.45, 7) is 3.12. The minimum atomic E-state index is 0.114. The Kier molecular flexibility index (Phi) is 5.13. The maximum Gasteiger partial charge on any atom is 0.185 e. The minimum Gasteiger partial charge on any atom is -0.493 e. The molecular weight excluding hydrogens is 218 g/mol. The number of guanidine groups is 1. The van der Waals surface area contributed by atoms with Crippen LogP contribution >= 0.6 is 0 Å². The second-order valence-corrected chi connectivity index (χ2v) is 3.47. The number of rotatable bonds is 6. The van der Waals surface area contributed by atoms with Crippen molar-refractivity contribution in [3.05, 3.63) is 23.8 Å². The summed E-state index contributed by atoms with van der Waals surface area (Å²) in [6.07, 6.45) is 0.765. The van der Waals surface area contributed by atoms with Crippen LogP contribution < -0.4 is 20.9 Å². The van der Waals surface area contributed by atoms with Gasteiger partial charge < -0.3 is 20.9 Å². The predicted molar refractivity (Wildman–Crippen MR) is 68.5 cm³/mol. The van der Waals surface area contributed by atoms with E-state index in [0.717, 1.165) is 23.5 Å². The molecule has 0 aromatic heterocycles. The first-order valence-electron chi connectivity index (χ1n) is 5.52. The number of hydrogen-bond acceptors (Lipinski definition) is 3. The fraction of sp³-hybridized carbons (Fsp3) is 0.417. The molecule has 0 saturated carbocycles. The lowest BCUT2D eigenvalue weighted by Crippen LogP contribution is -2.23. The fourth-order valence-electron chi connectivity index (χ4n) is 1.46. The normalized spacial score (nSPS) is 9.76. The van der Waals surface area contributed by atoms with E-state index < -0.39 is 0 Å². The van der Waals surface area contributed by atoms with E-state index in [-0.39, 0.29) is 5.96 Å². The van der Waals surface area contributed by atoms with Crippen LogP contribution in [0.25, 0.3) is 0 Å². The lowest BCUT2D eigenvalue weighted by molar-refractivity contribution is 0.310. The Hall–Kier alpha value is -1.91. The van der Waals surface area contributed by atoms with Gasteiger partial charge in [-0.25, -0.2) is 0 Å². The van der Waals surface area contributed by atoms with Crippen molar-refractivity contribution in [1.29, 1.82) is 0 Å². The average molecular weight is 237 g/mol. The molecule has 0 aliphatic carbocycles. The fourth-order valence-corrected chi connectivity index (χ4v) is 1.46. The smallest absolute Gasteiger partial charge is 0.185 e. The van der Waals surface area contributed by atoms with E-state index in [1.54, 1.807) is 7.11 Å². The van der Waals surface area contributed by atoms with Gasteiger partial charge in [0, 0.05) is 6.54 Å². The van der Waals surface area contributed by atoms with Gasteiger partial charge in [0.25, 0.3) is 0 Å². The van der Waals surface area contributed by atoms with Gasteiger partial charge in [0.05, 0.1) is 13.7 Å². The molecule has 4 N–H and O–H groups in total. The Bertz CT molecular complexity index is 387. The van der Waals surface area contributed by atoms with E-state index in [2.05, 4.69) is 4.99 Å². The van der Waals surface area contributed by atoms with Crippen LogP contribution in [-0.2, 0) is 6.42 Å². The second-order valence-electron chi connectivity index (χ2n) is 3.47. The summed E-state index contributed by atoms with van der Waals surface area (Å²) in [6, 6.07) is 5.82. The predicted octanol–water partition coefficient (Wildman–Crippen LogP) is 0.910. The molecule has 17 heavy (non-hydrogen) atoms. The molecule has 0 aliphatic heterocycles. The van der Waals surface area contributed by atoms with Gasteiger partial charge in [0.15, 0.2) is 17.5 Å². The number of benzene rings is 1. The molecule has 1 rings (SSSR count). The van der Waals surface area contributed by atoms with E-state index in [0.29, 0.717) is 13.2 Å². The Morgan fingerprint density at radius 3 is 2.65 bits per heavy atom. The molecule has 0 amide bonds. The topological polar surface area (TPSA) is 82.9 Å². The van der Waals surface area contributed by atoms with Gasteiger partial charge >= 0.3 is 0 Å². The third-order valence-corrected chi connectivity index (χ3v) is 2.22. The highest BCUT2D eigenvalue weighted by molar-refractivity contribution is 5.75. The van der Waals surface area contributed by atoms with Gasteiger partial charge in [0.1, 0.15) is 0 Å². The zero-order chi connectivity index (χ0) is 12.7. The van der Waals surface area contributed by atoms with Crippen molar-refractivity contribution in [2.45, 2.75) is 13.3 Å². The average Bonchev–Trinajstić information content (AvgIpc) is 2.30. The molecule has 0 atom stereocenters. The summed E-state index contributed by atoms with van der Waals surface area (Å²) in [5, 5.41) is 0. The molecule has 5 heteroatoms. The largest absolute Gasteiger partial charge is 0.493 e. The Labute approximate surface area is 101 Å². The van der Waals surface area contributed by atoms with Crippen LogP contribution in [0.2, 0.25) is 0 Å². The number of hydrogen-bond donors (Lipinski definition) is 2. The molecule has 0 fully saturated rings. The number of ether oxygens (including phenoxy) is 2. The van der Waals surface area contributed by atoms with Crippen LogP contribution in [0.1, 0.15) is 12.5 Å². The maximum atomic E-state index is 5.43. The molecule has 1 aromatic carbocycles. The van der Waals surface area contributed by atoms with Crippen LogP contribution in [0.4, 0.5) is 0 Å². The molecule has 5 nitrogen and oxygen atoms in total. The molecule has 0 spiro atoms. The van der Waals surface area contributed by atoms with Crippen molar-refractivity contribution in [1.82, 2.24) is 0 Å². The second kappa shape index (κ2) is 6.62. The molecule has 0 unspecified atom stereocenters. The van der Waals surface area contributed by atoms with Crippen molar-refractivity contribution in [3.8, 4) is 11.5 Å². The summed E-state index contributed by atoms with van der Waals surface area (Å²) in [5.74, 6) is 1.59. The zero-order valence-corrected chi connectivity index (χ0v) is 10.3. The molecule has 94 valence electrons. The van der Waals surface area contributed by atoms with E-state index >= 15 is 0 Å². The summed E-state index contributed by atoms with van der Waals surface area (Å²) in [5.41, 5.74) is 11.6. The monoisotopic (exact) mass is 237 g/mol. The van der Waals surface area contributed by atoms with Crippen LogP contribution in [0.15, 0.2) is 23.2 Å². The summed E-state index contributed by atoms with van der Waals surface area (Å²) in [4.78, 5) is 3.93. The first kappa shape index (κ1) is 13.2. The standard InChI is InChI=1S/C12H19N3O2/c1-3-17-10-5-4-9(8-11(10)16-2)6-7-15-12(13)14/h4-5,8H,3,6-7H2,1-2H3,(H4,13,14,15). The number of aliphatic imine (C=N–C) groups is 1. The lowest BCUT2D eigenvalue weighted by Gasteiger charge is -2.10. The molecule has 0 aliphatic rings. The number of methoxy groups -OCH3 is 1. The molecule has 0 radical (unpaired) electrons. The van der Waals surface area contributed by atoms with Crippen molar-refractivity contribution in [2.24, 2.45) is 16.5 Å². The SMILES string of the molecule is CCOc1ccc(CCN=C(N)N)cc1OC. The van der Waals surface area contributed by atoms with E-state index in [1.165, 1.54) is 0 Å². The van der Waals surface area contributed by atoms with E-state index in [4.69, 9.17) is 20.9 Å². The molecule has 0 bridgehead atoms. The van der Waals surface area contributed by atoms with Crippen LogP contribution in [-0.4, -0.2) is 26.2 Å². The van der Waals surface area contributed by atoms with Crippen molar-refractivity contribution in [3.63, 3.8) is 0 Å². The summed E-state index contributed by atoms with van der Waals surface area (Å²) >= 11 is 0. The number of nitrogens with two attached hydrogens (primary N) is 2. The van der Waals surface area contributed by atoms with Crippen molar-refractivity contribution in [2.75, 3.05) is 20.3 Å². The van der Waals surface area contributed by atoms with Gasteiger partial charge in [-0.05, 0) is 31.0 Å². The number of nitrogens with zero attached hydrogens (tertiary/aromatic N) is 1. The van der Waals surface area contributed by atoms with Crippen LogP contribution in [0.5, 0.6) is 11.5 Å². The van der Waals surface area contributed by atoms with Gasteiger partial charge in [0.2, 0.25) is 0 Å². The molecule has 0 saturated heterocycles. The maximum absolute atomic E-state index is 5.43. The minimum absolute atomic E-state index is 0.114. The quantitative estimate of drug-likeness (QED) is 0.569. The molecule has 1 aromatic rings. The highest BCUT2D eigenvalue weighted by atomic mass is 16.5. The lowest BCUT2D eigenvalue weighted by atomic mass is 10.1. The first-order valence-corrected chi connectivity index (χ1v) is 5.52. The third-order valence-electron chi connectivity index (χ3n) is 2.22. The summed E-state index contributed by atoms with van der Waals surface area (Å²) < 4.78 is 10.7. The molecule has 0 heterocycles. The Morgan fingerprint density at radius 2 is 2.06 bits per heavy atom. The zero-order valence-electron chi connectivity index (χ0n) is 10.3. The highest BCUT2D eigenvalue weighted by Gasteiger charge is 2.04. The Morgan fingerprint density at radius 1 is 1.29 bits per heavy atom. The highest BCUT2D eigenvalue weighted by Crippen LogP contribution is 2.28. The van der Waals surface area contributed by atoms with E-state index in [1.807, 2.05) is 25.1 Å². The Balaban J connectivity index is 2.72. The third kappa shape index (κ3) is 4.22.